The number of rotatable bonds is 8. The first-order chi connectivity index (χ1) is 21.9. The van der Waals surface area contributed by atoms with Gasteiger partial charge in [-0.1, -0.05) is 42.0 Å². The third-order valence-corrected chi connectivity index (χ3v) is 9.54. The number of nitrogens with one attached hydrogen (secondary N) is 1. The standard InChI is InChI=1S/C36H36N2O8/c1-18-3-5-19(6-4-18)11-12-38-17-20-7-10-28(46-2)24(13-20)23-8-9-26(39)30-25(23)15-21-14-22-16-27(40)31(35(37)44)34(43)36(22,45)33(42)29(21)32(30)41/h3-10,13,21-22,38-40,42,45H,11-12,14-17H2,1-2H3,(H2,37,44)/t21-,22+,36+/m1/s1. The number of carbonyl (C=O) groups excluding carboxylic acids is 3. The van der Waals surface area contributed by atoms with Crippen LogP contribution in [0.3, 0.4) is 0 Å². The molecular weight excluding hydrogens is 588 g/mol. The smallest absolute Gasteiger partial charge is 0.255 e. The first kappa shape index (κ1) is 31.1. The molecule has 0 spiro atoms. The van der Waals surface area contributed by atoms with Crippen LogP contribution in [-0.4, -0.2) is 57.2 Å². The number of aromatic hydroxyl groups is 1. The van der Waals surface area contributed by atoms with E-state index in [-0.39, 0.29) is 36.1 Å². The Morgan fingerprint density at radius 3 is 2.41 bits per heavy atom. The molecule has 6 rings (SSSR count). The Balaban J connectivity index is 1.34. The number of aryl methyl sites for hydroxylation is 1. The number of fused-ring (bicyclic) bond motifs is 3. The Morgan fingerprint density at radius 1 is 1.00 bits per heavy atom. The highest BCUT2D eigenvalue weighted by Crippen LogP contribution is 2.52. The molecule has 0 fully saturated rings. The number of nitrogens with two attached hydrogens (primary N) is 1. The average Bonchev–Trinajstić information content (AvgIpc) is 3.02. The molecule has 10 nitrogen and oxygen atoms in total. The van der Waals surface area contributed by atoms with Crippen LogP contribution in [0.5, 0.6) is 11.5 Å². The van der Waals surface area contributed by atoms with Gasteiger partial charge in [0.1, 0.15) is 28.6 Å². The molecule has 0 aliphatic heterocycles. The summed E-state index contributed by atoms with van der Waals surface area (Å²) in [5.74, 6) is -6.03. The van der Waals surface area contributed by atoms with Gasteiger partial charge < -0.3 is 36.2 Å². The topological polar surface area (TPSA) is 179 Å². The number of hydrogen-bond acceptors (Lipinski definition) is 9. The number of ketones is 2. The minimum Gasteiger partial charge on any atom is -0.511 e. The van der Waals surface area contributed by atoms with Crippen LogP contribution < -0.4 is 15.8 Å². The molecular formula is C36H36N2O8. The van der Waals surface area contributed by atoms with Crippen molar-refractivity contribution in [2.45, 2.75) is 44.8 Å². The number of benzene rings is 3. The lowest BCUT2D eigenvalue weighted by Gasteiger charge is -2.45. The largest absolute Gasteiger partial charge is 0.511 e. The van der Waals surface area contributed by atoms with Crippen molar-refractivity contribution in [2.75, 3.05) is 13.7 Å². The predicted octanol–water partition coefficient (Wildman–Crippen LogP) is 3.90. The molecule has 0 aromatic heterocycles. The molecule has 3 aromatic carbocycles. The number of ether oxygens (including phenoxy) is 1. The summed E-state index contributed by atoms with van der Waals surface area (Å²) in [6, 6.07) is 17.3. The Morgan fingerprint density at radius 2 is 1.72 bits per heavy atom. The minimum absolute atomic E-state index is 0.0437. The molecule has 3 aliphatic carbocycles. The van der Waals surface area contributed by atoms with Crippen LogP contribution in [-0.2, 0) is 29.0 Å². The summed E-state index contributed by atoms with van der Waals surface area (Å²) in [6.07, 6.45) is 0.843. The fourth-order valence-corrected chi connectivity index (χ4v) is 7.17. The van der Waals surface area contributed by atoms with Crippen molar-refractivity contribution in [1.82, 2.24) is 5.32 Å². The SMILES string of the molecule is COc1ccc(CNCCc2ccc(C)cc2)cc1-c1ccc(O)c2c1C[C@H]1C[C@H]3CC(O)=C(C(N)=O)C(=O)[C@@]3(O)C(O)=C1C2=O. The third-order valence-electron chi connectivity index (χ3n) is 9.54. The fraction of sp³-hybridized carbons (Fsp3) is 0.306. The van der Waals surface area contributed by atoms with Crippen molar-refractivity contribution >= 4 is 17.5 Å². The highest BCUT2D eigenvalue weighted by atomic mass is 16.5. The van der Waals surface area contributed by atoms with Gasteiger partial charge in [0.25, 0.3) is 5.91 Å². The number of phenolic OH excluding ortho intramolecular Hbond substituents is 1. The highest BCUT2D eigenvalue weighted by molar-refractivity contribution is 6.24. The van der Waals surface area contributed by atoms with E-state index in [4.69, 9.17) is 10.5 Å². The maximum absolute atomic E-state index is 14.0. The number of aliphatic hydroxyl groups is 3. The number of primary amides is 1. The lowest BCUT2D eigenvalue weighted by molar-refractivity contribution is -0.144. The van der Waals surface area contributed by atoms with Crippen LogP contribution in [0.4, 0.5) is 0 Å². The van der Waals surface area contributed by atoms with Gasteiger partial charge in [-0.05, 0) is 79.1 Å². The summed E-state index contributed by atoms with van der Waals surface area (Å²) in [4.78, 5) is 39.1. The molecule has 3 atom stereocenters. The molecule has 1 amide bonds. The molecule has 0 saturated heterocycles. The summed E-state index contributed by atoms with van der Waals surface area (Å²) in [6.45, 7) is 3.42. The van der Waals surface area contributed by atoms with E-state index in [1.165, 1.54) is 17.2 Å². The fourth-order valence-electron chi connectivity index (χ4n) is 7.17. The number of hydrogen-bond donors (Lipinski definition) is 6. The number of phenols is 1. The Kier molecular flexibility index (Phi) is 7.95. The van der Waals surface area contributed by atoms with Crippen LogP contribution in [0.1, 0.15) is 45.5 Å². The van der Waals surface area contributed by atoms with Crippen LogP contribution in [0.2, 0.25) is 0 Å². The quantitative estimate of drug-likeness (QED) is 0.160. The van der Waals surface area contributed by atoms with Gasteiger partial charge in [-0.25, -0.2) is 0 Å². The van der Waals surface area contributed by atoms with Crippen LogP contribution in [0, 0.1) is 18.8 Å². The monoisotopic (exact) mass is 624 g/mol. The molecule has 0 unspecified atom stereocenters. The molecule has 3 aromatic rings. The van der Waals surface area contributed by atoms with E-state index in [0.717, 1.165) is 18.5 Å². The van der Waals surface area contributed by atoms with Crippen molar-refractivity contribution < 1.29 is 39.5 Å². The van der Waals surface area contributed by atoms with Gasteiger partial charge in [-0.2, -0.15) is 0 Å². The molecule has 46 heavy (non-hydrogen) atoms. The van der Waals surface area contributed by atoms with Crippen LogP contribution in [0.25, 0.3) is 11.1 Å². The molecule has 3 aliphatic rings. The van der Waals surface area contributed by atoms with Crippen molar-refractivity contribution in [1.29, 1.82) is 0 Å². The van der Waals surface area contributed by atoms with E-state index < -0.39 is 52.0 Å². The molecule has 0 bridgehead atoms. The number of methoxy groups -OCH3 is 1. The van der Waals surface area contributed by atoms with Gasteiger partial charge in [0.05, 0.1) is 12.7 Å². The van der Waals surface area contributed by atoms with Crippen molar-refractivity contribution in [2.24, 2.45) is 17.6 Å². The van der Waals surface area contributed by atoms with Gasteiger partial charge in [-0.15, -0.1) is 0 Å². The first-order valence-electron chi connectivity index (χ1n) is 15.2. The minimum atomic E-state index is -2.60. The normalized spacial score (nSPS) is 22.3. The number of amides is 1. The predicted molar refractivity (Wildman–Crippen MR) is 169 cm³/mol. The van der Waals surface area contributed by atoms with E-state index in [1.54, 1.807) is 13.2 Å². The molecule has 10 heteroatoms. The van der Waals surface area contributed by atoms with Crippen molar-refractivity contribution in [3.8, 4) is 22.6 Å². The van der Waals surface area contributed by atoms with E-state index in [9.17, 15) is 34.8 Å². The number of allylic oxidation sites excluding steroid dienone is 2. The van der Waals surface area contributed by atoms with E-state index in [2.05, 4.69) is 36.5 Å². The third kappa shape index (κ3) is 5.03. The van der Waals surface area contributed by atoms with Gasteiger partial charge >= 0.3 is 0 Å². The van der Waals surface area contributed by atoms with E-state index in [1.807, 2.05) is 18.2 Å². The molecule has 0 saturated carbocycles. The average molecular weight is 625 g/mol. The van der Waals surface area contributed by atoms with Gasteiger partial charge in [0.15, 0.2) is 11.4 Å². The lowest BCUT2D eigenvalue weighted by Crippen LogP contribution is -2.57. The Bertz CT molecular complexity index is 1840. The van der Waals surface area contributed by atoms with Gasteiger partial charge in [0.2, 0.25) is 5.78 Å². The second-order valence-corrected chi connectivity index (χ2v) is 12.3. The Hall–Kier alpha value is -4.93. The highest BCUT2D eigenvalue weighted by Gasteiger charge is 2.59. The lowest BCUT2D eigenvalue weighted by atomic mass is 9.60. The molecule has 0 heterocycles. The molecule has 238 valence electrons. The summed E-state index contributed by atoms with van der Waals surface area (Å²) >= 11 is 0. The van der Waals surface area contributed by atoms with Gasteiger partial charge in [-0.3, -0.25) is 14.4 Å². The summed E-state index contributed by atoms with van der Waals surface area (Å²) in [5.41, 5.74) is 7.01. The second kappa shape index (κ2) is 11.8. The van der Waals surface area contributed by atoms with Crippen LogP contribution >= 0.6 is 0 Å². The zero-order valence-electron chi connectivity index (χ0n) is 25.6. The number of carbonyl (C=O) groups is 3. The molecule has 7 N–H and O–H groups in total. The van der Waals surface area contributed by atoms with Crippen molar-refractivity contribution in [3.05, 3.63) is 105 Å². The maximum Gasteiger partial charge on any atom is 0.255 e. The van der Waals surface area contributed by atoms with Crippen LogP contribution in [0.15, 0.2) is 77.3 Å². The van der Waals surface area contributed by atoms with E-state index in [0.29, 0.717) is 29.0 Å². The number of aliphatic hydroxyl groups excluding tert-OH is 2. The van der Waals surface area contributed by atoms with Gasteiger partial charge in [0, 0.05) is 30.0 Å². The maximum atomic E-state index is 14.0. The number of Topliss-reactive ketones (excluding diaryl/α,β-unsaturated/α-hetero) is 2. The van der Waals surface area contributed by atoms with E-state index >= 15 is 0 Å². The zero-order chi connectivity index (χ0) is 32.9. The first-order valence-corrected chi connectivity index (χ1v) is 15.2. The summed E-state index contributed by atoms with van der Waals surface area (Å²) in [5, 5.41) is 47.6. The van der Waals surface area contributed by atoms with Crippen molar-refractivity contribution in [3.63, 3.8) is 0 Å². The zero-order valence-corrected chi connectivity index (χ0v) is 25.6. The Labute approximate surface area is 265 Å². The summed E-state index contributed by atoms with van der Waals surface area (Å²) in [7, 11) is 1.55. The second-order valence-electron chi connectivity index (χ2n) is 12.3. The molecule has 0 radical (unpaired) electrons. The summed E-state index contributed by atoms with van der Waals surface area (Å²) < 4.78 is 5.70.